The molecule has 41 heavy (non-hydrogen) atoms. The van der Waals surface area contributed by atoms with E-state index in [0.717, 1.165) is 30.5 Å². The van der Waals surface area contributed by atoms with Crippen LogP contribution in [0.15, 0.2) is 84.9 Å². The highest BCUT2D eigenvalue weighted by atomic mass is 35.5. The molecule has 0 saturated heterocycles. The maximum atomic E-state index is 14.6. The van der Waals surface area contributed by atoms with Crippen LogP contribution in [0.5, 0.6) is 23.0 Å². The first-order valence-electron chi connectivity index (χ1n) is 11.5. The summed E-state index contributed by atoms with van der Waals surface area (Å²) in [6, 6.07) is 17.1. The van der Waals surface area contributed by atoms with Crippen molar-refractivity contribution in [1.82, 2.24) is 0 Å². The van der Waals surface area contributed by atoms with Crippen LogP contribution in [0.4, 0.5) is 26.3 Å². The summed E-state index contributed by atoms with van der Waals surface area (Å²) in [5, 5.41) is 17.0. The standard InChI is InChI=1S/C29H16Cl2F6N2O2/c30-23-3-1-5-25(21(23)15-38)40-19-11-7-17(8-12-19)27(28(32,33)34,29(35,36)37)18-9-13-20(14-10-18)41-26-6-2-4-24(31)22(26)16-39/h1-15,38H. The largest absolute Gasteiger partial charge is 0.457 e. The number of halogens is 8. The third-order valence-electron chi connectivity index (χ3n) is 6.13. The zero-order chi connectivity index (χ0) is 30.0. The number of alkyl halides is 6. The lowest BCUT2D eigenvalue weighted by molar-refractivity contribution is -0.288. The first-order chi connectivity index (χ1) is 19.3. The molecule has 12 heteroatoms. The van der Waals surface area contributed by atoms with Crippen molar-refractivity contribution in [2.45, 2.75) is 17.8 Å². The van der Waals surface area contributed by atoms with Gasteiger partial charge in [0, 0.05) is 6.21 Å². The zero-order valence-corrected chi connectivity index (χ0v) is 22.0. The molecule has 0 aliphatic heterocycles. The molecule has 0 atom stereocenters. The Labute approximate surface area is 239 Å². The fourth-order valence-electron chi connectivity index (χ4n) is 4.23. The first-order valence-corrected chi connectivity index (χ1v) is 12.3. The van der Waals surface area contributed by atoms with Crippen LogP contribution in [0, 0.1) is 16.7 Å². The van der Waals surface area contributed by atoms with Crippen molar-refractivity contribution in [2.24, 2.45) is 0 Å². The van der Waals surface area contributed by atoms with Crippen LogP contribution in [-0.4, -0.2) is 18.6 Å². The molecule has 0 aliphatic rings. The number of hydrogen-bond acceptors (Lipinski definition) is 4. The lowest BCUT2D eigenvalue weighted by atomic mass is 9.73. The van der Waals surface area contributed by atoms with E-state index in [9.17, 15) is 31.6 Å². The number of benzene rings is 4. The van der Waals surface area contributed by atoms with Gasteiger partial charge >= 0.3 is 12.4 Å². The van der Waals surface area contributed by atoms with Crippen molar-refractivity contribution in [2.75, 3.05) is 0 Å². The maximum absolute atomic E-state index is 14.6. The average molecular weight is 609 g/mol. The molecule has 0 bridgehead atoms. The van der Waals surface area contributed by atoms with Crippen molar-refractivity contribution >= 4 is 29.4 Å². The lowest BCUT2D eigenvalue weighted by Gasteiger charge is -2.38. The summed E-state index contributed by atoms with van der Waals surface area (Å²) in [7, 11) is 0. The highest BCUT2D eigenvalue weighted by Gasteiger charge is 2.72. The molecule has 0 radical (unpaired) electrons. The minimum Gasteiger partial charge on any atom is -0.457 e. The van der Waals surface area contributed by atoms with E-state index in [4.69, 9.17) is 38.1 Å². The van der Waals surface area contributed by atoms with E-state index >= 15 is 0 Å². The van der Waals surface area contributed by atoms with Gasteiger partial charge in [0.15, 0.2) is 0 Å². The second-order valence-corrected chi connectivity index (χ2v) is 9.33. The third-order valence-corrected chi connectivity index (χ3v) is 6.77. The van der Waals surface area contributed by atoms with E-state index in [1.165, 1.54) is 36.4 Å². The van der Waals surface area contributed by atoms with Crippen LogP contribution in [-0.2, 0) is 5.41 Å². The molecule has 0 amide bonds. The Kier molecular flexibility index (Phi) is 8.24. The van der Waals surface area contributed by atoms with Crippen molar-refractivity contribution < 1.29 is 35.8 Å². The molecule has 0 heterocycles. The van der Waals surface area contributed by atoms with Gasteiger partial charge in [0.05, 0.1) is 15.6 Å². The summed E-state index contributed by atoms with van der Waals surface area (Å²) >= 11 is 12.0. The molecule has 0 fully saturated rings. The molecular weight excluding hydrogens is 593 g/mol. The Morgan fingerprint density at radius 2 is 1.10 bits per heavy atom. The van der Waals surface area contributed by atoms with E-state index in [1.54, 1.807) is 0 Å². The number of nitrogens with zero attached hydrogens (tertiary/aromatic N) is 1. The van der Waals surface area contributed by atoms with Crippen LogP contribution in [0.2, 0.25) is 10.0 Å². The normalized spacial score (nSPS) is 12.0. The van der Waals surface area contributed by atoms with Crippen molar-refractivity contribution in [3.8, 4) is 29.1 Å². The van der Waals surface area contributed by atoms with Gasteiger partial charge in [-0.25, -0.2) is 0 Å². The third kappa shape index (κ3) is 5.56. The van der Waals surface area contributed by atoms with Crippen LogP contribution in [0.25, 0.3) is 0 Å². The Hall–Kier alpha value is -4.20. The SMILES string of the molecule is N#Cc1c(Cl)cccc1Oc1ccc(C(c2ccc(Oc3cccc(Cl)c3C=N)cc2)(C(F)(F)F)C(F)(F)F)cc1. The summed E-state index contributed by atoms with van der Waals surface area (Å²) < 4.78 is 98.4. The van der Waals surface area contributed by atoms with Gasteiger partial charge in [-0.2, -0.15) is 31.6 Å². The maximum Gasteiger partial charge on any atom is 0.411 e. The fraction of sp³-hybridized carbons (Fsp3) is 0.103. The summed E-state index contributed by atoms with van der Waals surface area (Å²) in [6.07, 6.45) is -10.7. The van der Waals surface area contributed by atoms with Gasteiger partial charge in [0.2, 0.25) is 5.41 Å². The topological polar surface area (TPSA) is 66.1 Å². The second-order valence-electron chi connectivity index (χ2n) is 8.52. The Bertz CT molecular complexity index is 1600. The number of nitrogens with one attached hydrogen (secondary N) is 1. The quantitative estimate of drug-likeness (QED) is 0.168. The highest BCUT2D eigenvalue weighted by Crippen LogP contribution is 2.56. The van der Waals surface area contributed by atoms with Gasteiger partial charge in [0.1, 0.15) is 34.6 Å². The smallest absolute Gasteiger partial charge is 0.411 e. The number of ether oxygens (including phenoxy) is 2. The molecule has 1 N–H and O–H groups in total. The molecule has 0 aromatic heterocycles. The van der Waals surface area contributed by atoms with Crippen LogP contribution in [0.3, 0.4) is 0 Å². The molecular formula is C29H16Cl2F6N2O2. The Morgan fingerprint density at radius 3 is 1.54 bits per heavy atom. The summed E-state index contributed by atoms with van der Waals surface area (Å²) in [5.41, 5.74) is -6.48. The predicted molar refractivity (Wildman–Crippen MR) is 141 cm³/mol. The van der Waals surface area contributed by atoms with Crippen LogP contribution < -0.4 is 9.47 Å². The average Bonchev–Trinajstić information content (AvgIpc) is 2.90. The molecule has 0 aliphatic carbocycles. The molecule has 4 aromatic carbocycles. The van der Waals surface area contributed by atoms with Crippen molar-refractivity contribution in [1.29, 1.82) is 10.7 Å². The van der Waals surface area contributed by atoms with E-state index in [0.29, 0.717) is 24.3 Å². The molecule has 210 valence electrons. The van der Waals surface area contributed by atoms with Gasteiger partial charge in [-0.05, 0) is 59.7 Å². The minimum absolute atomic E-state index is 0.0212. The zero-order valence-electron chi connectivity index (χ0n) is 20.4. The highest BCUT2D eigenvalue weighted by molar-refractivity contribution is 6.33. The molecule has 0 unspecified atom stereocenters. The van der Waals surface area contributed by atoms with Gasteiger partial charge in [-0.15, -0.1) is 0 Å². The molecule has 4 aromatic rings. The van der Waals surface area contributed by atoms with Crippen molar-refractivity contribution in [3.63, 3.8) is 0 Å². The van der Waals surface area contributed by atoms with Crippen molar-refractivity contribution in [3.05, 3.63) is 117 Å². The lowest BCUT2D eigenvalue weighted by Crippen LogP contribution is -2.54. The second kappa shape index (κ2) is 11.4. The number of rotatable bonds is 7. The van der Waals surface area contributed by atoms with Gasteiger partial charge in [-0.1, -0.05) is 59.6 Å². The number of nitriles is 1. The molecule has 4 rings (SSSR count). The summed E-state index contributed by atoms with van der Waals surface area (Å²) in [5.74, 6) is -0.117. The van der Waals surface area contributed by atoms with E-state index in [-0.39, 0.29) is 44.2 Å². The van der Waals surface area contributed by atoms with Gasteiger partial charge < -0.3 is 14.9 Å². The van der Waals surface area contributed by atoms with Gasteiger partial charge in [-0.3, -0.25) is 0 Å². The minimum atomic E-state index is -5.81. The van der Waals surface area contributed by atoms with Crippen LogP contribution >= 0.6 is 23.2 Å². The summed E-state index contributed by atoms with van der Waals surface area (Å²) in [6.45, 7) is 0. The monoisotopic (exact) mass is 608 g/mol. The first kappa shape index (κ1) is 29.8. The fourth-order valence-corrected chi connectivity index (χ4v) is 4.65. The summed E-state index contributed by atoms with van der Waals surface area (Å²) in [4.78, 5) is 0. The van der Waals surface area contributed by atoms with E-state index in [2.05, 4.69) is 0 Å². The molecule has 4 nitrogen and oxygen atoms in total. The van der Waals surface area contributed by atoms with Crippen LogP contribution in [0.1, 0.15) is 22.3 Å². The molecule has 0 saturated carbocycles. The Balaban J connectivity index is 1.75. The van der Waals surface area contributed by atoms with E-state index < -0.39 is 28.9 Å². The molecule has 0 spiro atoms. The van der Waals surface area contributed by atoms with Gasteiger partial charge in [0.25, 0.3) is 0 Å². The Morgan fingerprint density at radius 1 is 0.659 bits per heavy atom. The van der Waals surface area contributed by atoms with E-state index in [1.807, 2.05) is 6.07 Å². The predicted octanol–water partition coefficient (Wildman–Crippen LogP) is 9.86. The number of hydrogen-bond donors (Lipinski definition) is 1.